The van der Waals surface area contributed by atoms with Crippen LogP contribution in [0.15, 0.2) is 67.0 Å². The van der Waals surface area contributed by atoms with Gasteiger partial charge in [0.15, 0.2) is 0 Å². The van der Waals surface area contributed by atoms with E-state index in [4.69, 9.17) is 0 Å². The highest BCUT2D eigenvalue weighted by molar-refractivity contribution is 5.35. The van der Waals surface area contributed by atoms with Crippen LogP contribution in [-0.2, 0) is 13.1 Å². The fraction of sp³-hybridized carbons (Fsp3) is 0.286. The Morgan fingerprint density at radius 1 is 0.808 bits per heavy atom. The quantitative estimate of drug-likeness (QED) is 0.705. The SMILES string of the molecule is Fc1cccc(CN2CCN(Cc3cccc(-n4cccn4)c3)CC2)c1. The molecule has 0 atom stereocenters. The van der Waals surface area contributed by atoms with Gasteiger partial charge in [0.05, 0.1) is 5.69 Å². The van der Waals surface area contributed by atoms with Gasteiger partial charge in [0.1, 0.15) is 5.82 Å². The summed E-state index contributed by atoms with van der Waals surface area (Å²) in [4.78, 5) is 4.87. The Morgan fingerprint density at radius 2 is 1.46 bits per heavy atom. The molecule has 0 N–H and O–H groups in total. The minimum absolute atomic E-state index is 0.154. The molecule has 4 nitrogen and oxygen atoms in total. The van der Waals surface area contributed by atoms with E-state index in [-0.39, 0.29) is 5.82 Å². The second-order valence-corrected chi connectivity index (χ2v) is 6.80. The summed E-state index contributed by atoms with van der Waals surface area (Å²) in [6, 6.07) is 17.4. The molecule has 3 aromatic rings. The Labute approximate surface area is 153 Å². The molecule has 5 heteroatoms. The fourth-order valence-corrected chi connectivity index (χ4v) is 3.48. The third-order valence-corrected chi connectivity index (χ3v) is 4.85. The highest BCUT2D eigenvalue weighted by Gasteiger charge is 2.17. The molecular weight excluding hydrogens is 327 g/mol. The van der Waals surface area contributed by atoms with Gasteiger partial charge in [0.2, 0.25) is 0 Å². The van der Waals surface area contributed by atoms with Crippen molar-refractivity contribution in [3.63, 3.8) is 0 Å². The molecule has 0 aliphatic carbocycles. The molecule has 1 fully saturated rings. The van der Waals surface area contributed by atoms with Crippen LogP contribution >= 0.6 is 0 Å². The molecule has 1 aromatic heterocycles. The highest BCUT2D eigenvalue weighted by atomic mass is 19.1. The van der Waals surface area contributed by atoms with Crippen molar-refractivity contribution in [2.45, 2.75) is 13.1 Å². The molecule has 0 radical (unpaired) electrons. The van der Waals surface area contributed by atoms with Gasteiger partial charge in [-0.1, -0.05) is 24.3 Å². The number of hydrogen-bond donors (Lipinski definition) is 0. The average molecular weight is 350 g/mol. The lowest BCUT2D eigenvalue weighted by atomic mass is 10.1. The van der Waals surface area contributed by atoms with Crippen molar-refractivity contribution >= 4 is 0 Å². The number of hydrogen-bond acceptors (Lipinski definition) is 3. The minimum Gasteiger partial charge on any atom is -0.297 e. The Kier molecular flexibility index (Phi) is 5.09. The van der Waals surface area contributed by atoms with Crippen molar-refractivity contribution < 1.29 is 4.39 Å². The number of nitrogens with zero attached hydrogens (tertiary/aromatic N) is 4. The van der Waals surface area contributed by atoms with E-state index in [1.165, 1.54) is 11.6 Å². The first-order valence-corrected chi connectivity index (χ1v) is 9.04. The van der Waals surface area contributed by atoms with Crippen molar-refractivity contribution in [1.82, 2.24) is 19.6 Å². The van der Waals surface area contributed by atoms with Crippen molar-refractivity contribution in [2.24, 2.45) is 0 Å². The minimum atomic E-state index is -0.154. The summed E-state index contributed by atoms with van der Waals surface area (Å²) in [6.07, 6.45) is 3.76. The Balaban J connectivity index is 1.32. The van der Waals surface area contributed by atoms with Crippen LogP contribution in [0.25, 0.3) is 5.69 Å². The number of rotatable bonds is 5. The first-order valence-electron chi connectivity index (χ1n) is 9.04. The topological polar surface area (TPSA) is 24.3 Å². The van der Waals surface area contributed by atoms with Crippen LogP contribution in [0, 0.1) is 5.82 Å². The van der Waals surface area contributed by atoms with E-state index in [0.717, 1.165) is 50.5 Å². The van der Waals surface area contributed by atoms with Gasteiger partial charge in [0.25, 0.3) is 0 Å². The van der Waals surface area contributed by atoms with Crippen molar-refractivity contribution in [1.29, 1.82) is 0 Å². The molecule has 0 saturated carbocycles. The lowest BCUT2D eigenvalue weighted by molar-refractivity contribution is 0.122. The molecule has 134 valence electrons. The summed E-state index contributed by atoms with van der Waals surface area (Å²) in [7, 11) is 0. The van der Waals surface area contributed by atoms with Crippen LogP contribution in [0.2, 0.25) is 0 Å². The Morgan fingerprint density at radius 3 is 2.08 bits per heavy atom. The van der Waals surface area contributed by atoms with E-state index in [2.05, 4.69) is 39.2 Å². The molecule has 0 amide bonds. The zero-order chi connectivity index (χ0) is 17.8. The normalized spacial score (nSPS) is 16.0. The third kappa shape index (κ3) is 4.18. The number of aromatic nitrogens is 2. The lowest BCUT2D eigenvalue weighted by Gasteiger charge is -2.34. The molecule has 1 aliphatic heterocycles. The standard InChI is InChI=1S/C21H23FN4/c22-20-6-1-4-18(14-20)16-24-10-12-25(13-11-24)17-19-5-2-7-21(15-19)26-9-3-8-23-26/h1-9,14-15H,10-13,16-17H2. The molecule has 2 heterocycles. The maximum atomic E-state index is 13.3. The molecule has 0 spiro atoms. The second kappa shape index (κ2) is 7.81. The summed E-state index contributed by atoms with van der Waals surface area (Å²) >= 11 is 0. The third-order valence-electron chi connectivity index (χ3n) is 4.85. The predicted octanol–water partition coefficient (Wildman–Crippen LogP) is 3.33. The van der Waals surface area contributed by atoms with Gasteiger partial charge in [-0.15, -0.1) is 0 Å². The molecule has 2 aromatic carbocycles. The summed E-state index contributed by atoms with van der Waals surface area (Å²) in [6.45, 7) is 5.84. The molecule has 0 unspecified atom stereocenters. The first-order chi connectivity index (χ1) is 12.8. The second-order valence-electron chi connectivity index (χ2n) is 6.80. The lowest BCUT2D eigenvalue weighted by Crippen LogP contribution is -2.45. The van der Waals surface area contributed by atoms with Crippen molar-refractivity contribution in [3.8, 4) is 5.69 Å². The average Bonchev–Trinajstić information content (AvgIpc) is 3.19. The monoisotopic (exact) mass is 350 g/mol. The van der Waals surface area contributed by atoms with Gasteiger partial charge in [-0.25, -0.2) is 9.07 Å². The van der Waals surface area contributed by atoms with Gasteiger partial charge in [-0.2, -0.15) is 5.10 Å². The molecule has 4 rings (SSSR count). The maximum absolute atomic E-state index is 13.3. The van der Waals surface area contributed by atoms with Crippen LogP contribution in [0.4, 0.5) is 4.39 Å². The van der Waals surface area contributed by atoms with E-state index in [1.54, 1.807) is 18.3 Å². The van der Waals surface area contributed by atoms with Crippen molar-refractivity contribution in [2.75, 3.05) is 26.2 Å². The summed E-state index contributed by atoms with van der Waals surface area (Å²) in [5.41, 5.74) is 3.44. The zero-order valence-electron chi connectivity index (χ0n) is 14.8. The van der Waals surface area contributed by atoms with E-state index in [0.29, 0.717) is 0 Å². The van der Waals surface area contributed by atoms with E-state index >= 15 is 0 Å². The predicted molar refractivity (Wildman–Crippen MR) is 101 cm³/mol. The fourth-order valence-electron chi connectivity index (χ4n) is 3.48. The number of benzene rings is 2. The molecule has 1 saturated heterocycles. The zero-order valence-corrected chi connectivity index (χ0v) is 14.8. The number of piperazine rings is 1. The van der Waals surface area contributed by atoms with Crippen LogP contribution in [0.1, 0.15) is 11.1 Å². The summed E-state index contributed by atoms with van der Waals surface area (Å²) < 4.78 is 15.2. The molecule has 0 bridgehead atoms. The van der Waals surface area contributed by atoms with Crippen molar-refractivity contribution in [3.05, 3.63) is 83.9 Å². The molecule has 1 aliphatic rings. The van der Waals surface area contributed by atoms with Gasteiger partial charge in [-0.05, 0) is 41.5 Å². The molecule has 26 heavy (non-hydrogen) atoms. The highest BCUT2D eigenvalue weighted by Crippen LogP contribution is 2.15. The van der Waals surface area contributed by atoms with Crippen LogP contribution in [0.3, 0.4) is 0 Å². The van der Waals surface area contributed by atoms with E-state index in [9.17, 15) is 4.39 Å². The van der Waals surface area contributed by atoms with E-state index < -0.39 is 0 Å². The van der Waals surface area contributed by atoms with Gasteiger partial charge in [-0.3, -0.25) is 9.80 Å². The summed E-state index contributed by atoms with van der Waals surface area (Å²) in [5.74, 6) is -0.154. The Bertz CT molecular complexity index is 839. The summed E-state index contributed by atoms with van der Waals surface area (Å²) in [5, 5.41) is 4.30. The van der Waals surface area contributed by atoms with Crippen LogP contribution < -0.4 is 0 Å². The first kappa shape index (κ1) is 16.9. The van der Waals surface area contributed by atoms with Gasteiger partial charge in [0, 0.05) is 51.7 Å². The molecular formula is C21H23FN4. The van der Waals surface area contributed by atoms with Crippen LogP contribution in [-0.4, -0.2) is 45.8 Å². The smallest absolute Gasteiger partial charge is 0.123 e. The maximum Gasteiger partial charge on any atom is 0.123 e. The number of halogens is 1. The Hall–Kier alpha value is -2.50. The van der Waals surface area contributed by atoms with E-state index in [1.807, 2.05) is 23.0 Å². The van der Waals surface area contributed by atoms with Gasteiger partial charge >= 0.3 is 0 Å². The van der Waals surface area contributed by atoms with Crippen LogP contribution in [0.5, 0.6) is 0 Å². The largest absolute Gasteiger partial charge is 0.297 e. The van der Waals surface area contributed by atoms with Gasteiger partial charge < -0.3 is 0 Å².